The molecular weight excluding hydrogens is 389 g/mol. The number of hydrogen-bond acceptors (Lipinski definition) is 5. The fraction of sp³-hybridized carbons (Fsp3) is 0.333. The van der Waals surface area contributed by atoms with Gasteiger partial charge in [-0.1, -0.05) is 35.3 Å². The van der Waals surface area contributed by atoms with E-state index in [4.69, 9.17) is 23.2 Å². The van der Waals surface area contributed by atoms with Crippen LogP contribution in [0.3, 0.4) is 0 Å². The van der Waals surface area contributed by atoms with Crippen molar-refractivity contribution in [3.63, 3.8) is 0 Å². The fourth-order valence-electron chi connectivity index (χ4n) is 2.59. The van der Waals surface area contributed by atoms with Gasteiger partial charge in [-0.25, -0.2) is 12.7 Å². The maximum absolute atomic E-state index is 13.1. The number of anilines is 2. The number of hydrogen-bond donors (Lipinski definition) is 0. The van der Waals surface area contributed by atoms with E-state index >= 15 is 0 Å². The standard InChI is InChI=1S/C15H17Cl2N3O2S2/c1-18(2)7-8-19-10-20(12-6-4-3-5-11(12)19)24(21,22)13-9-14(16)23-15(13)17/h3-6,9H,7-8,10H2,1-2H3. The van der Waals surface area contributed by atoms with Gasteiger partial charge in [0, 0.05) is 13.1 Å². The third-order valence-electron chi connectivity index (χ3n) is 3.80. The molecule has 0 bridgehead atoms. The summed E-state index contributed by atoms with van der Waals surface area (Å²) in [6.45, 7) is 1.82. The minimum absolute atomic E-state index is 0.0587. The second-order valence-corrected chi connectivity index (χ2v) is 9.86. The van der Waals surface area contributed by atoms with Crippen LogP contribution in [0.4, 0.5) is 11.4 Å². The lowest BCUT2D eigenvalue weighted by Gasteiger charge is -2.22. The summed E-state index contributed by atoms with van der Waals surface area (Å²) in [6.07, 6.45) is 0. The van der Waals surface area contributed by atoms with Crippen molar-refractivity contribution in [3.05, 3.63) is 39.0 Å². The summed E-state index contributed by atoms with van der Waals surface area (Å²) < 4.78 is 28.1. The van der Waals surface area contributed by atoms with Crippen LogP contribution in [-0.2, 0) is 10.0 Å². The summed E-state index contributed by atoms with van der Waals surface area (Å²) in [5.41, 5.74) is 1.56. The normalized spacial score (nSPS) is 14.5. The average Bonchev–Trinajstić information content (AvgIpc) is 3.06. The summed E-state index contributed by atoms with van der Waals surface area (Å²) in [4.78, 5) is 4.17. The summed E-state index contributed by atoms with van der Waals surface area (Å²) in [6, 6.07) is 8.90. The van der Waals surface area contributed by atoms with Crippen LogP contribution >= 0.6 is 34.5 Å². The molecule has 2 aromatic rings. The van der Waals surface area contributed by atoms with Gasteiger partial charge in [0.1, 0.15) is 15.9 Å². The number of sulfonamides is 1. The van der Waals surface area contributed by atoms with Crippen LogP contribution in [0.25, 0.3) is 0 Å². The molecule has 0 radical (unpaired) electrons. The van der Waals surface area contributed by atoms with Crippen LogP contribution in [0.5, 0.6) is 0 Å². The molecule has 0 saturated carbocycles. The first kappa shape index (κ1) is 17.8. The van der Waals surface area contributed by atoms with Crippen LogP contribution in [0.2, 0.25) is 8.67 Å². The Balaban J connectivity index is 1.98. The van der Waals surface area contributed by atoms with E-state index in [9.17, 15) is 8.42 Å². The zero-order valence-corrected chi connectivity index (χ0v) is 16.4. The first-order chi connectivity index (χ1) is 11.3. The van der Waals surface area contributed by atoms with E-state index in [1.165, 1.54) is 10.4 Å². The summed E-state index contributed by atoms with van der Waals surface area (Å²) >= 11 is 13.1. The van der Waals surface area contributed by atoms with E-state index in [0.717, 1.165) is 30.1 Å². The largest absolute Gasteiger partial charge is 0.350 e. The lowest BCUT2D eigenvalue weighted by atomic mass is 10.2. The van der Waals surface area contributed by atoms with E-state index in [1.807, 2.05) is 38.4 Å². The number of para-hydroxylation sites is 2. The van der Waals surface area contributed by atoms with Crippen LogP contribution in [0.15, 0.2) is 35.2 Å². The molecule has 0 N–H and O–H groups in total. The van der Waals surface area contributed by atoms with Gasteiger partial charge in [-0.15, -0.1) is 11.3 Å². The van der Waals surface area contributed by atoms with E-state index in [-0.39, 0.29) is 15.9 Å². The molecule has 0 saturated heterocycles. The number of halogens is 2. The van der Waals surface area contributed by atoms with E-state index in [1.54, 1.807) is 0 Å². The quantitative estimate of drug-likeness (QED) is 0.761. The first-order valence-corrected chi connectivity index (χ1v) is 10.3. The number of fused-ring (bicyclic) bond motifs is 1. The van der Waals surface area contributed by atoms with Crippen molar-refractivity contribution in [2.45, 2.75) is 4.90 Å². The first-order valence-electron chi connectivity index (χ1n) is 7.27. The van der Waals surface area contributed by atoms with Gasteiger partial charge in [0.25, 0.3) is 10.0 Å². The minimum Gasteiger partial charge on any atom is -0.350 e. The third-order valence-corrected chi connectivity index (χ3v) is 7.30. The lowest BCUT2D eigenvalue weighted by molar-refractivity contribution is 0.414. The molecule has 130 valence electrons. The highest BCUT2D eigenvalue weighted by atomic mass is 35.5. The van der Waals surface area contributed by atoms with Gasteiger partial charge in [0.2, 0.25) is 0 Å². The molecule has 0 unspecified atom stereocenters. The molecule has 0 atom stereocenters. The SMILES string of the molecule is CN(C)CCN1CN(S(=O)(=O)c2cc(Cl)sc2Cl)c2ccccc21. The van der Waals surface area contributed by atoms with E-state index in [2.05, 4.69) is 9.80 Å². The maximum Gasteiger partial charge on any atom is 0.268 e. The van der Waals surface area contributed by atoms with Crippen LogP contribution in [-0.4, -0.2) is 47.2 Å². The van der Waals surface area contributed by atoms with Gasteiger partial charge in [0.05, 0.1) is 15.7 Å². The van der Waals surface area contributed by atoms with E-state index in [0.29, 0.717) is 10.0 Å². The van der Waals surface area contributed by atoms with Crippen molar-refractivity contribution in [1.82, 2.24) is 4.90 Å². The molecule has 0 aliphatic carbocycles. The molecular formula is C15H17Cl2N3O2S2. The Kier molecular flexibility index (Phi) is 4.99. The Morgan fingerprint density at radius 3 is 2.46 bits per heavy atom. The molecule has 1 aliphatic heterocycles. The Morgan fingerprint density at radius 2 is 1.88 bits per heavy atom. The zero-order chi connectivity index (χ0) is 17.5. The highest BCUT2D eigenvalue weighted by Crippen LogP contribution is 2.42. The predicted octanol–water partition coefficient (Wildman–Crippen LogP) is 3.59. The minimum atomic E-state index is -3.76. The van der Waals surface area contributed by atoms with Gasteiger partial charge in [-0.2, -0.15) is 0 Å². The fourth-order valence-corrected chi connectivity index (χ4v) is 6.14. The van der Waals surface area contributed by atoms with Gasteiger partial charge in [0.15, 0.2) is 0 Å². The van der Waals surface area contributed by atoms with Crippen molar-refractivity contribution < 1.29 is 8.42 Å². The Bertz CT molecular complexity index is 852. The number of rotatable bonds is 5. The molecule has 2 heterocycles. The second kappa shape index (κ2) is 6.72. The van der Waals surface area contributed by atoms with Gasteiger partial charge < -0.3 is 9.80 Å². The summed E-state index contributed by atoms with van der Waals surface area (Å²) in [5, 5.41) is 0. The van der Waals surface area contributed by atoms with E-state index < -0.39 is 10.0 Å². The Hall–Kier alpha value is -0.990. The number of nitrogens with zero attached hydrogens (tertiary/aromatic N) is 3. The highest BCUT2D eigenvalue weighted by Gasteiger charge is 2.36. The molecule has 1 aromatic heterocycles. The van der Waals surface area contributed by atoms with Crippen LogP contribution in [0.1, 0.15) is 0 Å². The van der Waals surface area contributed by atoms with Crippen LogP contribution in [0, 0.1) is 0 Å². The number of thiophene rings is 1. The lowest BCUT2D eigenvalue weighted by Crippen LogP contribution is -2.38. The van der Waals surface area contributed by atoms with Crippen molar-refractivity contribution in [1.29, 1.82) is 0 Å². The molecule has 0 spiro atoms. The monoisotopic (exact) mass is 405 g/mol. The Morgan fingerprint density at radius 1 is 1.21 bits per heavy atom. The summed E-state index contributed by atoms with van der Waals surface area (Å²) in [5.74, 6) is 0. The third kappa shape index (κ3) is 3.23. The number of benzene rings is 1. The van der Waals surface area contributed by atoms with Crippen molar-refractivity contribution in [2.24, 2.45) is 0 Å². The average molecular weight is 406 g/mol. The Labute approximate surface area is 156 Å². The van der Waals surface area contributed by atoms with Gasteiger partial charge in [-0.05, 0) is 32.3 Å². The van der Waals surface area contributed by atoms with Crippen molar-refractivity contribution in [2.75, 3.05) is 43.1 Å². The molecule has 0 amide bonds. The molecule has 9 heteroatoms. The van der Waals surface area contributed by atoms with Gasteiger partial charge >= 0.3 is 0 Å². The van der Waals surface area contributed by atoms with Crippen molar-refractivity contribution >= 4 is 55.9 Å². The predicted molar refractivity (Wildman–Crippen MR) is 101 cm³/mol. The smallest absolute Gasteiger partial charge is 0.268 e. The molecule has 1 aliphatic rings. The number of likely N-dealkylation sites (N-methyl/N-ethyl adjacent to an activating group) is 1. The molecule has 5 nitrogen and oxygen atoms in total. The highest BCUT2D eigenvalue weighted by molar-refractivity contribution is 7.93. The topological polar surface area (TPSA) is 43.9 Å². The molecule has 3 rings (SSSR count). The summed E-state index contributed by atoms with van der Waals surface area (Å²) in [7, 11) is 0.218. The second-order valence-electron chi connectivity index (χ2n) is 5.74. The van der Waals surface area contributed by atoms with Crippen molar-refractivity contribution in [3.8, 4) is 0 Å². The van der Waals surface area contributed by atoms with Crippen LogP contribution < -0.4 is 9.21 Å². The molecule has 1 aromatic carbocycles. The maximum atomic E-state index is 13.1. The molecule has 24 heavy (non-hydrogen) atoms. The van der Waals surface area contributed by atoms with Gasteiger partial charge in [-0.3, -0.25) is 0 Å². The zero-order valence-electron chi connectivity index (χ0n) is 13.2. The molecule has 0 fully saturated rings.